The number of halogens is 1. The van der Waals surface area contributed by atoms with Crippen LogP contribution < -0.4 is 10.9 Å². The highest BCUT2D eigenvalue weighted by molar-refractivity contribution is 6.32. The van der Waals surface area contributed by atoms with Crippen LogP contribution in [0.1, 0.15) is 11.4 Å². The fourth-order valence-electron chi connectivity index (χ4n) is 2.94. The van der Waals surface area contributed by atoms with Gasteiger partial charge in [-0.2, -0.15) is 9.78 Å². The van der Waals surface area contributed by atoms with Gasteiger partial charge in [-0.05, 0) is 30.7 Å². The molecule has 0 aliphatic rings. The van der Waals surface area contributed by atoms with Crippen molar-refractivity contribution in [2.45, 2.75) is 13.5 Å². The summed E-state index contributed by atoms with van der Waals surface area (Å²) >= 11 is 6.24. The van der Waals surface area contributed by atoms with Crippen LogP contribution in [0.3, 0.4) is 0 Å². The first kappa shape index (κ1) is 20.2. The third-order valence-electron chi connectivity index (χ3n) is 4.59. The first-order chi connectivity index (χ1) is 14.9. The maximum Gasteiger partial charge on any atom is 0.292 e. The van der Waals surface area contributed by atoms with E-state index in [1.54, 1.807) is 12.4 Å². The quantitative estimate of drug-likeness (QED) is 0.363. The van der Waals surface area contributed by atoms with Crippen molar-refractivity contribution in [1.29, 1.82) is 0 Å². The molecule has 31 heavy (non-hydrogen) atoms. The molecule has 0 aliphatic carbocycles. The molecule has 0 aliphatic heterocycles. The van der Waals surface area contributed by atoms with Crippen molar-refractivity contribution >= 4 is 23.0 Å². The van der Waals surface area contributed by atoms with Crippen molar-refractivity contribution in [2.75, 3.05) is 5.32 Å². The Balaban J connectivity index is 1.49. The number of nitro benzene ring substituents is 1. The average Bonchev–Trinajstić information content (AvgIpc) is 3.21. The summed E-state index contributed by atoms with van der Waals surface area (Å²) in [7, 11) is 0. The zero-order valence-corrected chi connectivity index (χ0v) is 17.0. The van der Waals surface area contributed by atoms with E-state index in [1.807, 2.05) is 29.8 Å². The van der Waals surface area contributed by atoms with E-state index in [9.17, 15) is 14.9 Å². The van der Waals surface area contributed by atoms with Crippen molar-refractivity contribution < 1.29 is 4.92 Å². The van der Waals surface area contributed by atoms with Gasteiger partial charge in [0, 0.05) is 37.3 Å². The molecule has 0 unspecified atom stereocenters. The van der Waals surface area contributed by atoms with Crippen LogP contribution in [0.15, 0.2) is 66.0 Å². The standard InChI is InChI=1S/C20H16ClN7O3/c1-13-22-8-9-26(13)18-7-2-14(11-24-18)10-23-17-12-25-27(20(29)19(17)21)15-3-5-16(6-4-15)28(30)31/h2-9,11-12,23H,10H2,1H3. The van der Waals surface area contributed by atoms with E-state index < -0.39 is 10.5 Å². The summed E-state index contributed by atoms with van der Waals surface area (Å²) in [5.74, 6) is 1.59. The van der Waals surface area contributed by atoms with Crippen LogP contribution in [0.25, 0.3) is 11.5 Å². The molecular formula is C20H16ClN7O3. The largest absolute Gasteiger partial charge is 0.378 e. The third kappa shape index (κ3) is 4.14. The second kappa shape index (κ2) is 8.36. The van der Waals surface area contributed by atoms with E-state index in [1.165, 1.54) is 30.5 Å². The van der Waals surface area contributed by atoms with Gasteiger partial charge < -0.3 is 5.32 Å². The van der Waals surface area contributed by atoms with Crippen molar-refractivity contribution in [3.8, 4) is 11.5 Å². The van der Waals surface area contributed by atoms with Crippen LogP contribution in [-0.4, -0.2) is 29.2 Å². The Morgan fingerprint density at radius 3 is 2.52 bits per heavy atom. The molecule has 0 amide bonds. The molecular weight excluding hydrogens is 422 g/mol. The van der Waals surface area contributed by atoms with Gasteiger partial charge in [0.05, 0.1) is 22.5 Å². The number of non-ortho nitro benzene ring substituents is 1. The fourth-order valence-corrected chi connectivity index (χ4v) is 3.13. The number of nitro groups is 1. The molecule has 3 aromatic heterocycles. The van der Waals surface area contributed by atoms with Gasteiger partial charge in [-0.15, -0.1) is 0 Å². The van der Waals surface area contributed by atoms with Crippen molar-refractivity contribution in [3.05, 3.63) is 98.1 Å². The Bertz CT molecular complexity index is 1300. The molecule has 11 heteroatoms. The molecule has 156 valence electrons. The van der Waals surface area contributed by atoms with Gasteiger partial charge in [-0.1, -0.05) is 17.7 Å². The number of benzene rings is 1. The van der Waals surface area contributed by atoms with Crippen molar-refractivity contribution in [1.82, 2.24) is 24.3 Å². The maximum atomic E-state index is 12.6. The van der Waals surface area contributed by atoms with E-state index in [0.29, 0.717) is 17.9 Å². The molecule has 1 aromatic carbocycles. The Labute approximate surface area is 180 Å². The summed E-state index contributed by atoms with van der Waals surface area (Å²) < 4.78 is 2.96. The van der Waals surface area contributed by atoms with Crippen molar-refractivity contribution in [3.63, 3.8) is 0 Å². The number of hydrogen-bond acceptors (Lipinski definition) is 7. The number of aromatic nitrogens is 5. The highest BCUT2D eigenvalue weighted by Gasteiger charge is 2.12. The Morgan fingerprint density at radius 1 is 1.13 bits per heavy atom. The number of aryl methyl sites for hydroxylation is 1. The van der Waals surface area contributed by atoms with Gasteiger partial charge in [-0.3, -0.25) is 19.5 Å². The molecule has 0 atom stereocenters. The smallest absolute Gasteiger partial charge is 0.292 e. The summed E-state index contributed by atoms with van der Waals surface area (Å²) in [6, 6.07) is 9.25. The van der Waals surface area contributed by atoms with Gasteiger partial charge in [0.25, 0.3) is 11.2 Å². The normalized spacial score (nSPS) is 10.8. The summed E-state index contributed by atoms with van der Waals surface area (Å²) in [6.07, 6.45) is 6.70. The molecule has 0 saturated carbocycles. The van der Waals surface area contributed by atoms with Crippen molar-refractivity contribution in [2.24, 2.45) is 0 Å². The zero-order chi connectivity index (χ0) is 22.0. The van der Waals surface area contributed by atoms with Crippen LogP contribution in [0, 0.1) is 17.0 Å². The van der Waals surface area contributed by atoms with Gasteiger partial charge in [0.15, 0.2) is 0 Å². The van der Waals surface area contributed by atoms with Crippen LogP contribution in [-0.2, 0) is 6.54 Å². The van der Waals surface area contributed by atoms with Gasteiger partial charge in [-0.25, -0.2) is 9.97 Å². The number of nitrogens with zero attached hydrogens (tertiary/aromatic N) is 6. The number of imidazole rings is 1. The third-order valence-corrected chi connectivity index (χ3v) is 4.95. The van der Waals surface area contributed by atoms with E-state index in [4.69, 9.17) is 11.6 Å². The minimum Gasteiger partial charge on any atom is -0.378 e. The Hall–Kier alpha value is -4.05. The minimum absolute atomic E-state index is 0.0352. The van der Waals surface area contributed by atoms with Crippen LogP contribution >= 0.6 is 11.6 Å². The monoisotopic (exact) mass is 437 g/mol. The second-order valence-electron chi connectivity index (χ2n) is 6.59. The number of rotatable bonds is 6. The molecule has 1 N–H and O–H groups in total. The zero-order valence-electron chi connectivity index (χ0n) is 16.3. The fraction of sp³-hybridized carbons (Fsp3) is 0.100. The van der Waals surface area contributed by atoms with E-state index in [2.05, 4.69) is 20.4 Å². The molecule has 0 saturated heterocycles. The second-order valence-corrected chi connectivity index (χ2v) is 6.96. The van der Waals surface area contributed by atoms with E-state index in [0.717, 1.165) is 21.9 Å². The van der Waals surface area contributed by atoms with Gasteiger partial charge in [0.1, 0.15) is 16.7 Å². The maximum absolute atomic E-state index is 12.6. The number of anilines is 1. The minimum atomic E-state index is -0.537. The number of nitrogens with one attached hydrogen (secondary N) is 1. The summed E-state index contributed by atoms with van der Waals surface area (Å²) in [5.41, 5.74) is 1.02. The average molecular weight is 438 g/mol. The Morgan fingerprint density at radius 2 is 1.90 bits per heavy atom. The van der Waals surface area contributed by atoms with Gasteiger partial charge >= 0.3 is 0 Å². The molecule has 0 fully saturated rings. The lowest BCUT2D eigenvalue weighted by molar-refractivity contribution is -0.384. The first-order valence-electron chi connectivity index (χ1n) is 9.16. The molecule has 3 heterocycles. The molecule has 0 bridgehead atoms. The van der Waals surface area contributed by atoms with Crippen LogP contribution in [0.5, 0.6) is 0 Å². The summed E-state index contributed by atoms with van der Waals surface area (Å²) in [5, 5.41) is 17.9. The van der Waals surface area contributed by atoms with Crippen LogP contribution in [0.4, 0.5) is 11.4 Å². The highest BCUT2D eigenvalue weighted by atomic mass is 35.5. The SMILES string of the molecule is Cc1nccn1-c1ccc(CNc2cnn(-c3ccc([N+](=O)[O-])cc3)c(=O)c2Cl)cn1. The summed E-state index contributed by atoms with van der Waals surface area (Å²) in [6.45, 7) is 2.28. The summed E-state index contributed by atoms with van der Waals surface area (Å²) in [4.78, 5) is 31.5. The lowest BCUT2D eigenvalue weighted by Crippen LogP contribution is -2.22. The predicted octanol–water partition coefficient (Wildman–Crippen LogP) is 3.30. The van der Waals surface area contributed by atoms with E-state index in [-0.39, 0.29) is 10.7 Å². The molecule has 0 spiro atoms. The molecule has 10 nitrogen and oxygen atoms in total. The van der Waals surface area contributed by atoms with Gasteiger partial charge in [0.2, 0.25) is 0 Å². The lowest BCUT2D eigenvalue weighted by Gasteiger charge is -2.11. The molecule has 0 radical (unpaired) electrons. The molecule has 4 aromatic rings. The Kier molecular flexibility index (Phi) is 5.46. The first-order valence-corrected chi connectivity index (χ1v) is 9.53. The highest BCUT2D eigenvalue weighted by Crippen LogP contribution is 2.19. The molecule has 4 rings (SSSR count). The topological polar surface area (TPSA) is 121 Å². The van der Waals surface area contributed by atoms with E-state index >= 15 is 0 Å². The lowest BCUT2D eigenvalue weighted by atomic mass is 10.2. The van der Waals surface area contributed by atoms with Crippen LogP contribution in [0.2, 0.25) is 5.02 Å². The number of pyridine rings is 1. The number of hydrogen-bond donors (Lipinski definition) is 1. The predicted molar refractivity (Wildman–Crippen MR) is 115 cm³/mol.